The van der Waals surface area contributed by atoms with E-state index in [0.29, 0.717) is 30.2 Å². The number of carbonyl (C=O) groups is 4. The average Bonchev–Trinajstić information content (AvgIpc) is 2.81. The van der Waals surface area contributed by atoms with Crippen molar-refractivity contribution in [3.05, 3.63) is 23.8 Å². The minimum atomic E-state index is -1.38. The van der Waals surface area contributed by atoms with Gasteiger partial charge in [0.1, 0.15) is 6.04 Å². The zero-order valence-electron chi connectivity index (χ0n) is 25.6. The van der Waals surface area contributed by atoms with Crippen molar-refractivity contribution in [2.75, 3.05) is 13.2 Å². The molecule has 0 heterocycles. The highest BCUT2D eigenvalue weighted by Crippen LogP contribution is 2.35. The maximum absolute atomic E-state index is 12.4. The first kappa shape index (κ1) is 35.7. The van der Waals surface area contributed by atoms with Gasteiger partial charge in [0.2, 0.25) is 0 Å². The standard InChI is InChI=1S/C30H47NO10/c1-18(2)11-13-37-28(35)40-23-10-9-21(16-24(23)41-29(36)38-14-12-19(3)4)22(26(31)27(33)34)15-20(5)39-25(32)17-30(6,7)8/h9-10,16,18-20,22,26H,11-15,17,31H2,1-8H3,(H,33,34)/t20?,22?,26-/m0/s1. The Morgan fingerprint density at radius 1 is 0.854 bits per heavy atom. The molecule has 0 bridgehead atoms. The molecule has 0 radical (unpaired) electrons. The molecule has 41 heavy (non-hydrogen) atoms. The Kier molecular flexibility index (Phi) is 14.6. The van der Waals surface area contributed by atoms with E-state index in [0.717, 1.165) is 0 Å². The number of esters is 1. The van der Waals surface area contributed by atoms with E-state index >= 15 is 0 Å². The predicted molar refractivity (Wildman–Crippen MR) is 152 cm³/mol. The molecule has 11 nitrogen and oxygen atoms in total. The van der Waals surface area contributed by atoms with Crippen LogP contribution in [0.1, 0.15) is 92.6 Å². The SMILES string of the molecule is CC(C)CCOC(=O)Oc1ccc(C(CC(C)OC(=O)CC(C)(C)C)[C@H](N)C(=O)O)cc1OC(=O)OCCC(C)C. The summed E-state index contributed by atoms with van der Waals surface area (Å²) in [7, 11) is 0. The fourth-order valence-electron chi connectivity index (χ4n) is 3.68. The molecule has 2 unspecified atom stereocenters. The molecule has 0 aliphatic heterocycles. The van der Waals surface area contributed by atoms with E-state index in [4.69, 9.17) is 29.4 Å². The number of rotatable bonds is 15. The predicted octanol–water partition coefficient (Wildman–Crippen LogP) is 6.06. The van der Waals surface area contributed by atoms with Crippen molar-refractivity contribution >= 4 is 24.2 Å². The monoisotopic (exact) mass is 581 g/mol. The molecule has 1 rings (SSSR count). The van der Waals surface area contributed by atoms with Gasteiger partial charge in [0.15, 0.2) is 11.5 Å². The molecular weight excluding hydrogens is 534 g/mol. The van der Waals surface area contributed by atoms with Crippen molar-refractivity contribution in [1.82, 2.24) is 0 Å². The lowest BCUT2D eigenvalue weighted by molar-refractivity contribution is -0.150. The highest BCUT2D eigenvalue weighted by molar-refractivity contribution is 5.75. The lowest BCUT2D eigenvalue weighted by Crippen LogP contribution is -2.38. The van der Waals surface area contributed by atoms with Crippen LogP contribution in [0.4, 0.5) is 9.59 Å². The summed E-state index contributed by atoms with van der Waals surface area (Å²) in [6.45, 7) is 15.5. The van der Waals surface area contributed by atoms with Crippen LogP contribution in [0.2, 0.25) is 0 Å². The highest BCUT2D eigenvalue weighted by Gasteiger charge is 2.31. The summed E-state index contributed by atoms with van der Waals surface area (Å²) in [5.74, 6) is -2.24. The zero-order valence-corrected chi connectivity index (χ0v) is 25.6. The van der Waals surface area contributed by atoms with Crippen LogP contribution in [-0.2, 0) is 23.8 Å². The molecule has 0 aromatic heterocycles. The lowest BCUT2D eigenvalue weighted by Gasteiger charge is -2.26. The molecule has 3 N–H and O–H groups in total. The Morgan fingerprint density at radius 3 is 1.83 bits per heavy atom. The van der Waals surface area contributed by atoms with Crippen LogP contribution >= 0.6 is 0 Å². The molecule has 11 heteroatoms. The second kappa shape index (κ2) is 16.8. The van der Waals surface area contributed by atoms with Crippen LogP contribution < -0.4 is 15.2 Å². The maximum atomic E-state index is 12.4. The van der Waals surface area contributed by atoms with E-state index in [1.54, 1.807) is 6.92 Å². The smallest absolute Gasteiger partial charge is 0.480 e. The number of aliphatic carboxylic acids is 1. The molecule has 0 fully saturated rings. The maximum Gasteiger partial charge on any atom is 0.513 e. The molecule has 0 amide bonds. The van der Waals surface area contributed by atoms with Gasteiger partial charge in [-0.1, -0.05) is 54.5 Å². The Morgan fingerprint density at radius 2 is 1.37 bits per heavy atom. The molecule has 0 aliphatic carbocycles. The minimum Gasteiger partial charge on any atom is -0.480 e. The second-order valence-corrected chi connectivity index (χ2v) is 12.2. The lowest BCUT2D eigenvalue weighted by atomic mass is 9.86. The number of hydrogen-bond donors (Lipinski definition) is 2. The summed E-state index contributed by atoms with van der Waals surface area (Å²) in [5.41, 5.74) is 6.12. The number of nitrogens with two attached hydrogens (primary N) is 1. The fraction of sp³-hybridized carbons (Fsp3) is 0.667. The third kappa shape index (κ3) is 14.7. The van der Waals surface area contributed by atoms with Crippen LogP contribution in [0, 0.1) is 17.3 Å². The van der Waals surface area contributed by atoms with Gasteiger partial charge in [-0.25, -0.2) is 9.59 Å². The first-order chi connectivity index (χ1) is 19.0. The molecule has 1 aromatic rings. The third-order valence-electron chi connectivity index (χ3n) is 5.92. The van der Waals surface area contributed by atoms with Crippen molar-refractivity contribution in [3.63, 3.8) is 0 Å². The van der Waals surface area contributed by atoms with Crippen molar-refractivity contribution in [2.24, 2.45) is 23.0 Å². The Bertz CT molecular complexity index is 1020. The fourth-order valence-corrected chi connectivity index (χ4v) is 3.68. The minimum absolute atomic E-state index is 0.0685. The first-order valence-electron chi connectivity index (χ1n) is 14.0. The molecule has 0 saturated heterocycles. The number of hydrogen-bond acceptors (Lipinski definition) is 10. The van der Waals surface area contributed by atoms with E-state index in [1.807, 2.05) is 48.5 Å². The zero-order chi connectivity index (χ0) is 31.3. The van der Waals surface area contributed by atoms with Gasteiger partial charge in [-0.2, -0.15) is 0 Å². The number of benzene rings is 1. The van der Waals surface area contributed by atoms with Gasteiger partial charge >= 0.3 is 24.2 Å². The van der Waals surface area contributed by atoms with E-state index in [2.05, 4.69) is 0 Å². The van der Waals surface area contributed by atoms with Gasteiger partial charge in [0.05, 0.1) is 25.7 Å². The van der Waals surface area contributed by atoms with Gasteiger partial charge in [0, 0.05) is 5.92 Å². The Hall–Kier alpha value is -3.34. The summed E-state index contributed by atoms with van der Waals surface area (Å²) >= 11 is 0. The van der Waals surface area contributed by atoms with Gasteiger partial charge in [0.25, 0.3) is 0 Å². The largest absolute Gasteiger partial charge is 0.513 e. The molecule has 3 atom stereocenters. The number of carboxylic acids is 1. The second-order valence-electron chi connectivity index (χ2n) is 12.2. The quantitative estimate of drug-likeness (QED) is 0.141. The molecule has 232 valence electrons. The van der Waals surface area contributed by atoms with Crippen LogP contribution in [0.25, 0.3) is 0 Å². The van der Waals surface area contributed by atoms with Crippen LogP contribution in [0.15, 0.2) is 18.2 Å². The Labute approximate surface area is 243 Å². The highest BCUT2D eigenvalue weighted by atomic mass is 16.7. The van der Waals surface area contributed by atoms with Crippen molar-refractivity contribution in [3.8, 4) is 11.5 Å². The van der Waals surface area contributed by atoms with Crippen molar-refractivity contribution < 1.29 is 48.0 Å². The average molecular weight is 582 g/mol. The van der Waals surface area contributed by atoms with Crippen LogP contribution in [0.3, 0.4) is 0 Å². The molecule has 0 saturated carbocycles. The Balaban J connectivity index is 3.26. The third-order valence-corrected chi connectivity index (χ3v) is 5.92. The van der Waals surface area contributed by atoms with Gasteiger partial charge in [-0.15, -0.1) is 0 Å². The summed E-state index contributed by atoms with van der Waals surface area (Å²) in [6.07, 6.45) is -1.19. The first-order valence-corrected chi connectivity index (χ1v) is 14.0. The molecule has 0 aliphatic rings. The summed E-state index contributed by atoms with van der Waals surface area (Å²) in [6, 6.07) is 2.84. The number of ether oxygens (including phenoxy) is 5. The molecular formula is C30H47NO10. The number of carboxylic acid groups (broad SMARTS) is 1. The summed E-state index contributed by atoms with van der Waals surface area (Å²) in [4.78, 5) is 48.9. The number of carbonyl (C=O) groups excluding carboxylic acids is 3. The topological polar surface area (TPSA) is 161 Å². The van der Waals surface area contributed by atoms with E-state index in [9.17, 15) is 24.3 Å². The van der Waals surface area contributed by atoms with E-state index in [-0.39, 0.29) is 43.0 Å². The van der Waals surface area contributed by atoms with Crippen LogP contribution in [-0.4, -0.2) is 54.7 Å². The summed E-state index contributed by atoms with van der Waals surface area (Å²) < 4.78 is 26.4. The van der Waals surface area contributed by atoms with Gasteiger partial charge < -0.3 is 34.5 Å². The van der Waals surface area contributed by atoms with Crippen molar-refractivity contribution in [1.29, 1.82) is 0 Å². The van der Waals surface area contributed by atoms with E-state index in [1.165, 1.54) is 18.2 Å². The molecule has 0 spiro atoms. The molecule has 1 aromatic carbocycles. The summed E-state index contributed by atoms with van der Waals surface area (Å²) in [5, 5.41) is 9.69. The van der Waals surface area contributed by atoms with Gasteiger partial charge in [-0.05, 0) is 61.1 Å². The van der Waals surface area contributed by atoms with Crippen molar-refractivity contribution in [2.45, 2.75) is 99.1 Å². The van der Waals surface area contributed by atoms with E-state index < -0.39 is 42.3 Å². The van der Waals surface area contributed by atoms with Gasteiger partial charge in [-0.3, -0.25) is 9.59 Å². The van der Waals surface area contributed by atoms with Crippen LogP contribution in [0.5, 0.6) is 11.5 Å². The normalized spacial score (nSPS) is 13.7.